The molecule has 1 N–H and O–H groups in total. The van der Waals surface area contributed by atoms with Crippen LogP contribution in [0, 0.1) is 5.82 Å². The van der Waals surface area contributed by atoms with Gasteiger partial charge in [-0.15, -0.1) is 5.10 Å². The van der Waals surface area contributed by atoms with E-state index >= 15 is 0 Å². The van der Waals surface area contributed by atoms with Gasteiger partial charge >= 0.3 is 5.97 Å². The first-order valence-corrected chi connectivity index (χ1v) is 5.51. The summed E-state index contributed by atoms with van der Waals surface area (Å²) in [4.78, 5) is 10.7. The molecule has 1 aromatic heterocycles. The normalized spacial score (nSPS) is 10.6. The van der Waals surface area contributed by atoms with Crippen LogP contribution >= 0.6 is 23.2 Å². The van der Waals surface area contributed by atoms with Crippen molar-refractivity contribution in [1.29, 1.82) is 0 Å². The third-order valence-electron chi connectivity index (χ3n) is 2.15. The summed E-state index contributed by atoms with van der Waals surface area (Å²) < 4.78 is 14.2. The molecule has 2 aromatic rings. The number of hydrogen-bond donors (Lipinski definition) is 1. The number of aliphatic carboxylic acids is 1. The third kappa shape index (κ3) is 2.44. The van der Waals surface area contributed by atoms with Crippen LogP contribution in [0.3, 0.4) is 0 Å². The number of carboxylic acids is 1. The van der Waals surface area contributed by atoms with Crippen molar-refractivity contribution in [2.45, 2.75) is 6.42 Å². The number of hydrogen-bond acceptors (Lipinski definition) is 3. The molecule has 94 valence electrons. The van der Waals surface area contributed by atoms with Gasteiger partial charge < -0.3 is 5.11 Å². The van der Waals surface area contributed by atoms with E-state index in [1.165, 1.54) is 10.9 Å². The summed E-state index contributed by atoms with van der Waals surface area (Å²) in [6.45, 7) is 0. The molecule has 0 atom stereocenters. The highest BCUT2D eigenvalue weighted by molar-refractivity contribution is 6.37. The number of nitrogens with zero attached hydrogens (tertiary/aromatic N) is 3. The molecule has 8 heteroatoms. The minimum atomic E-state index is -1.05. The van der Waals surface area contributed by atoms with Gasteiger partial charge in [0.15, 0.2) is 0 Å². The molecule has 0 aliphatic carbocycles. The molecule has 0 spiro atoms. The van der Waals surface area contributed by atoms with Gasteiger partial charge in [-0.1, -0.05) is 28.4 Å². The Morgan fingerprint density at radius 3 is 2.56 bits per heavy atom. The lowest BCUT2D eigenvalue weighted by molar-refractivity contribution is -0.136. The van der Waals surface area contributed by atoms with E-state index in [-0.39, 0.29) is 27.8 Å². The van der Waals surface area contributed by atoms with Crippen LogP contribution in [0.1, 0.15) is 5.69 Å². The van der Waals surface area contributed by atoms with E-state index in [1.54, 1.807) is 0 Å². The van der Waals surface area contributed by atoms with Crippen molar-refractivity contribution in [2.24, 2.45) is 0 Å². The van der Waals surface area contributed by atoms with Crippen molar-refractivity contribution in [3.05, 3.63) is 39.9 Å². The molecule has 18 heavy (non-hydrogen) atoms. The van der Waals surface area contributed by atoms with Crippen LogP contribution in [0.15, 0.2) is 18.3 Å². The van der Waals surface area contributed by atoms with Gasteiger partial charge in [-0.2, -0.15) is 0 Å². The van der Waals surface area contributed by atoms with Gasteiger partial charge in [-0.3, -0.25) is 4.79 Å². The van der Waals surface area contributed by atoms with Crippen LogP contribution in [0.2, 0.25) is 10.0 Å². The quantitative estimate of drug-likeness (QED) is 0.942. The molecule has 0 aliphatic rings. The summed E-state index contributed by atoms with van der Waals surface area (Å²) in [5.74, 6) is -1.64. The topological polar surface area (TPSA) is 68.0 Å². The lowest BCUT2D eigenvalue weighted by atomic mass is 10.2. The van der Waals surface area contributed by atoms with E-state index < -0.39 is 11.8 Å². The van der Waals surface area contributed by atoms with Crippen LogP contribution in [0.25, 0.3) is 5.69 Å². The van der Waals surface area contributed by atoms with E-state index in [9.17, 15) is 9.18 Å². The predicted octanol–water partition coefficient (Wildman–Crippen LogP) is 2.34. The number of rotatable bonds is 3. The Labute approximate surface area is 111 Å². The zero-order valence-corrected chi connectivity index (χ0v) is 10.3. The molecule has 0 aliphatic heterocycles. The Morgan fingerprint density at radius 1 is 1.39 bits per heavy atom. The minimum absolute atomic E-state index is 0.0251. The summed E-state index contributed by atoms with van der Waals surface area (Å²) >= 11 is 11.7. The fraction of sp³-hybridized carbons (Fsp3) is 0.100. The highest BCUT2D eigenvalue weighted by atomic mass is 35.5. The maximum atomic E-state index is 13.1. The van der Waals surface area contributed by atoms with Crippen molar-refractivity contribution in [2.75, 3.05) is 0 Å². The maximum Gasteiger partial charge on any atom is 0.309 e. The Hall–Kier alpha value is -1.66. The monoisotopic (exact) mass is 289 g/mol. The standard InChI is InChI=1S/C10H6Cl2FN3O2/c11-7-1-5(13)2-8(12)10(7)16-6(3-9(17)18)4-14-15-16/h1-2,4H,3H2,(H,17,18). The predicted molar refractivity (Wildman–Crippen MR) is 62.7 cm³/mol. The first-order valence-electron chi connectivity index (χ1n) is 4.75. The first-order chi connectivity index (χ1) is 8.49. The van der Waals surface area contributed by atoms with Crippen LogP contribution < -0.4 is 0 Å². The molecule has 0 amide bonds. The summed E-state index contributed by atoms with van der Waals surface area (Å²) in [6.07, 6.45) is 0.987. The van der Waals surface area contributed by atoms with Crippen LogP contribution in [0.4, 0.5) is 4.39 Å². The zero-order valence-electron chi connectivity index (χ0n) is 8.77. The second kappa shape index (κ2) is 4.91. The van der Waals surface area contributed by atoms with Crippen LogP contribution in [-0.4, -0.2) is 26.1 Å². The molecular weight excluding hydrogens is 284 g/mol. The lowest BCUT2D eigenvalue weighted by Crippen LogP contribution is -2.09. The Bertz CT molecular complexity index is 592. The molecule has 5 nitrogen and oxygen atoms in total. The summed E-state index contributed by atoms with van der Waals surface area (Å²) in [6, 6.07) is 2.13. The number of benzene rings is 1. The Morgan fingerprint density at radius 2 is 2.00 bits per heavy atom. The Balaban J connectivity index is 2.56. The highest BCUT2D eigenvalue weighted by Gasteiger charge is 2.16. The van der Waals surface area contributed by atoms with Crippen molar-refractivity contribution in [3.8, 4) is 5.69 Å². The number of aromatic nitrogens is 3. The maximum absolute atomic E-state index is 13.1. The SMILES string of the molecule is O=C(O)Cc1cnnn1-c1c(Cl)cc(F)cc1Cl. The molecule has 0 saturated heterocycles. The van der Waals surface area contributed by atoms with Gasteiger partial charge in [-0.25, -0.2) is 9.07 Å². The van der Waals surface area contributed by atoms with Crippen LogP contribution in [-0.2, 0) is 11.2 Å². The molecule has 0 fully saturated rings. The fourth-order valence-corrected chi connectivity index (χ4v) is 2.08. The van der Waals surface area contributed by atoms with E-state index in [2.05, 4.69) is 10.3 Å². The molecule has 0 radical (unpaired) electrons. The number of carboxylic acid groups (broad SMARTS) is 1. The molecule has 0 bridgehead atoms. The van der Waals surface area contributed by atoms with Crippen LogP contribution in [0.5, 0.6) is 0 Å². The summed E-state index contributed by atoms with van der Waals surface area (Å²) in [5, 5.41) is 16.1. The largest absolute Gasteiger partial charge is 0.481 e. The van der Waals surface area contributed by atoms with Gasteiger partial charge in [-0.05, 0) is 12.1 Å². The van der Waals surface area contributed by atoms with Gasteiger partial charge in [0.25, 0.3) is 0 Å². The number of carbonyl (C=O) groups is 1. The molecule has 2 rings (SSSR count). The van der Waals surface area contributed by atoms with Gasteiger partial charge in [0.05, 0.1) is 28.4 Å². The zero-order chi connectivity index (χ0) is 13.3. The molecule has 1 aromatic carbocycles. The average molecular weight is 290 g/mol. The van der Waals surface area contributed by atoms with E-state index in [1.807, 2.05) is 0 Å². The van der Waals surface area contributed by atoms with Crippen molar-refractivity contribution >= 4 is 29.2 Å². The Kier molecular flexibility index (Phi) is 3.49. The van der Waals surface area contributed by atoms with E-state index in [0.717, 1.165) is 12.1 Å². The average Bonchev–Trinajstić information content (AvgIpc) is 2.63. The van der Waals surface area contributed by atoms with Gasteiger partial charge in [0.2, 0.25) is 0 Å². The minimum Gasteiger partial charge on any atom is -0.481 e. The molecule has 0 saturated carbocycles. The van der Waals surface area contributed by atoms with E-state index in [4.69, 9.17) is 28.3 Å². The van der Waals surface area contributed by atoms with Crippen molar-refractivity contribution < 1.29 is 14.3 Å². The molecular formula is C10H6Cl2FN3O2. The van der Waals surface area contributed by atoms with Gasteiger partial charge in [0, 0.05) is 0 Å². The highest BCUT2D eigenvalue weighted by Crippen LogP contribution is 2.30. The smallest absolute Gasteiger partial charge is 0.309 e. The second-order valence-electron chi connectivity index (χ2n) is 3.43. The summed E-state index contributed by atoms with van der Waals surface area (Å²) in [7, 11) is 0. The second-order valence-corrected chi connectivity index (χ2v) is 4.24. The third-order valence-corrected chi connectivity index (χ3v) is 2.72. The fourth-order valence-electron chi connectivity index (χ4n) is 1.46. The van der Waals surface area contributed by atoms with Crippen molar-refractivity contribution in [1.82, 2.24) is 15.0 Å². The van der Waals surface area contributed by atoms with Gasteiger partial charge in [0.1, 0.15) is 11.5 Å². The lowest BCUT2D eigenvalue weighted by Gasteiger charge is -2.09. The summed E-state index contributed by atoms with van der Waals surface area (Å²) in [5.41, 5.74) is 0.492. The molecule has 1 heterocycles. The van der Waals surface area contributed by atoms with Crippen molar-refractivity contribution in [3.63, 3.8) is 0 Å². The van der Waals surface area contributed by atoms with E-state index in [0.29, 0.717) is 0 Å². The number of halogens is 3. The molecule has 0 unspecified atom stereocenters. The first kappa shape index (κ1) is 12.8.